The number of aromatic nitrogens is 1. The van der Waals surface area contributed by atoms with E-state index in [-0.39, 0.29) is 22.3 Å². The number of fused-ring (bicyclic) bond motifs is 5. The normalized spacial score (nSPS) is 17.4. The second-order valence-electron chi connectivity index (χ2n) is 36.0. The van der Waals surface area contributed by atoms with Gasteiger partial charge >= 0.3 is 0 Å². The van der Waals surface area contributed by atoms with Gasteiger partial charge < -0.3 is 21.5 Å². The topological polar surface area (TPSA) is 104 Å². The van der Waals surface area contributed by atoms with Crippen molar-refractivity contribution in [1.82, 2.24) is 20.5 Å². The molecule has 0 radical (unpaired) electrons. The van der Waals surface area contributed by atoms with Gasteiger partial charge in [0.1, 0.15) is 11.3 Å². The van der Waals surface area contributed by atoms with Crippen LogP contribution in [-0.4, -0.2) is 72.3 Å². The van der Waals surface area contributed by atoms with Crippen molar-refractivity contribution in [2.45, 2.75) is 298 Å². The first-order chi connectivity index (χ1) is 55.7. The molecular formula is C111H161N5O2. The number of unbranched alkanes of at least 4 members (excludes halogenated alkanes) is 1. The van der Waals surface area contributed by atoms with Crippen LogP contribution in [0.2, 0.25) is 0 Å². The summed E-state index contributed by atoms with van der Waals surface area (Å²) in [6, 6.07) is 44.1. The largest absolute Gasteiger partial charge is 0.377 e. The highest BCUT2D eigenvalue weighted by Gasteiger charge is 2.61. The molecule has 4 aliphatic carbocycles. The van der Waals surface area contributed by atoms with E-state index in [0.29, 0.717) is 71.6 Å². The fourth-order valence-corrected chi connectivity index (χ4v) is 13.8. The molecule has 1 heterocycles. The van der Waals surface area contributed by atoms with E-state index in [1.54, 1.807) is 17.3 Å². The third-order valence-electron chi connectivity index (χ3n) is 20.6. The molecule has 4 aromatic carbocycles. The molecule has 7 nitrogen and oxygen atoms in total. The molecule has 0 aliphatic heterocycles. The Kier molecular flexibility index (Phi) is 54.8. The van der Waals surface area contributed by atoms with Gasteiger partial charge in [-0.1, -0.05) is 387 Å². The van der Waals surface area contributed by atoms with Crippen molar-refractivity contribution < 1.29 is 9.90 Å². The van der Waals surface area contributed by atoms with Crippen molar-refractivity contribution in [3.05, 3.63) is 179 Å². The van der Waals surface area contributed by atoms with Crippen LogP contribution < -0.4 is 16.4 Å². The fraction of sp³-hybridized carbons (Fsp3) is 0.568. The summed E-state index contributed by atoms with van der Waals surface area (Å²) >= 11 is 0. The number of benzene rings is 4. The van der Waals surface area contributed by atoms with Crippen LogP contribution in [-0.2, 0) is 16.6 Å². The molecule has 6 unspecified atom stereocenters. The molecule has 4 aliphatic rings. The minimum atomic E-state index is -0.777. The summed E-state index contributed by atoms with van der Waals surface area (Å²) < 4.78 is 0. The maximum absolute atomic E-state index is 11.4. The van der Waals surface area contributed by atoms with E-state index in [0.717, 1.165) is 75.7 Å². The van der Waals surface area contributed by atoms with E-state index in [1.807, 2.05) is 51.2 Å². The lowest BCUT2D eigenvalue weighted by atomic mass is 9.53. The number of hydrogen-bond donors (Lipinski definition) is 4. The molecule has 3 fully saturated rings. The average molecular weight is 1600 g/mol. The zero-order valence-corrected chi connectivity index (χ0v) is 79.2. The molecule has 5 N–H and O–H groups in total. The Bertz CT molecular complexity index is 4140. The first kappa shape index (κ1) is 108. The van der Waals surface area contributed by atoms with Gasteiger partial charge in [0.15, 0.2) is 0 Å². The van der Waals surface area contributed by atoms with Crippen LogP contribution in [0.5, 0.6) is 0 Å². The third kappa shape index (κ3) is 48.0. The Morgan fingerprint density at radius 2 is 1.14 bits per heavy atom. The molecule has 9 rings (SSSR count). The fourth-order valence-electron chi connectivity index (χ4n) is 13.8. The van der Waals surface area contributed by atoms with Crippen molar-refractivity contribution >= 4 is 11.5 Å². The molecule has 5 aromatic rings. The lowest BCUT2D eigenvalue weighted by Crippen LogP contribution is -2.50. The van der Waals surface area contributed by atoms with Crippen molar-refractivity contribution in [3.8, 4) is 94.7 Å². The first-order valence-corrected chi connectivity index (χ1v) is 44.7. The zero-order valence-electron chi connectivity index (χ0n) is 79.2. The van der Waals surface area contributed by atoms with E-state index in [2.05, 4.69) is 378 Å². The van der Waals surface area contributed by atoms with Crippen LogP contribution in [0.4, 0.5) is 0 Å². The predicted molar refractivity (Wildman–Crippen MR) is 514 cm³/mol. The van der Waals surface area contributed by atoms with Gasteiger partial charge in [0.2, 0.25) is 5.91 Å². The van der Waals surface area contributed by atoms with E-state index in [4.69, 9.17) is 5.73 Å². The lowest BCUT2D eigenvalue weighted by molar-refractivity contribution is -0.118. The molecule has 0 saturated heterocycles. The Hall–Kier alpha value is -8.44. The van der Waals surface area contributed by atoms with E-state index in [9.17, 15) is 9.90 Å². The van der Waals surface area contributed by atoms with Gasteiger partial charge in [-0.15, -0.1) is 0 Å². The van der Waals surface area contributed by atoms with E-state index in [1.165, 1.54) is 92.5 Å². The monoisotopic (exact) mass is 1600 g/mol. The number of allylic oxidation sites excluding steroid dienone is 1. The lowest BCUT2D eigenvalue weighted by Gasteiger charge is -2.52. The molecule has 0 bridgehead atoms. The van der Waals surface area contributed by atoms with Gasteiger partial charge in [-0.25, -0.2) is 4.98 Å². The number of rotatable bonds is 12. The second-order valence-corrected chi connectivity index (χ2v) is 36.0. The van der Waals surface area contributed by atoms with Crippen LogP contribution in [0.3, 0.4) is 0 Å². The number of aliphatic hydroxyl groups is 1. The van der Waals surface area contributed by atoms with Crippen molar-refractivity contribution in [1.29, 1.82) is 0 Å². The minimum Gasteiger partial charge on any atom is -0.377 e. The highest BCUT2D eigenvalue weighted by molar-refractivity contribution is 5.73. The Morgan fingerprint density at radius 3 is 1.67 bits per heavy atom. The number of nitrogens with one attached hydrogen (secondary N) is 2. The van der Waals surface area contributed by atoms with Gasteiger partial charge in [0, 0.05) is 71.8 Å². The number of pyridine rings is 1. The van der Waals surface area contributed by atoms with Gasteiger partial charge in [-0.2, -0.15) is 0 Å². The van der Waals surface area contributed by atoms with Crippen LogP contribution in [0.25, 0.3) is 5.57 Å². The highest BCUT2D eigenvalue weighted by Crippen LogP contribution is 2.64. The predicted octanol–water partition coefficient (Wildman–Crippen LogP) is 24.9. The van der Waals surface area contributed by atoms with Crippen molar-refractivity contribution in [2.24, 2.45) is 76.2 Å². The Labute approximate surface area is 725 Å². The summed E-state index contributed by atoms with van der Waals surface area (Å²) in [5.74, 6) is 56.7. The summed E-state index contributed by atoms with van der Waals surface area (Å²) in [4.78, 5) is 16.6. The van der Waals surface area contributed by atoms with Crippen LogP contribution in [0.1, 0.15) is 307 Å². The highest BCUT2D eigenvalue weighted by atomic mass is 16.3. The summed E-state index contributed by atoms with van der Waals surface area (Å²) in [5.41, 5.74) is 15.7. The number of nitrogens with two attached hydrogens (primary N) is 1. The Morgan fingerprint density at radius 1 is 0.610 bits per heavy atom. The summed E-state index contributed by atoms with van der Waals surface area (Å²) in [7, 11) is 3.98. The molecular weight excluding hydrogens is 1440 g/mol. The molecule has 118 heavy (non-hydrogen) atoms. The summed E-state index contributed by atoms with van der Waals surface area (Å²) in [5, 5.41) is 17.0. The second kappa shape index (κ2) is 60.1. The van der Waals surface area contributed by atoms with E-state index >= 15 is 0 Å². The van der Waals surface area contributed by atoms with Crippen LogP contribution in [0, 0.1) is 172 Å². The quantitative estimate of drug-likeness (QED) is 0.0733. The minimum absolute atomic E-state index is 0.0295. The number of carbonyl (C=O) groups excluding carboxylic acids is 1. The molecule has 7 heteroatoms. The molecule has 1 amide bonds. The zero-order chi connectivity index (χ0) is 88.7. The van der Waals surface area contributed by atoms with Gasteiger partial charge in [0.05, 0.1) is 30.6 Å². The molecule has 642 valence electrons. The van der Waals surface area contributed by atoms with Gasteiger partial charge in [-0.05, 0) is 188 Å². The molecule has 1 aromatic heterocycles. The summed E-state index contributed by atoms with van der Waals surface area (Å²) in [6.45, 7) is 60.0. The number of nitrogens with zero attached hydrogens (tertiary/aromatic N) is 2. The third-order valence-corrected chi connectivity index (χ3v) is 20.6. The number of aryl methyl sites for hydroxylation is 2. The Balaban J connectivity index is 0.000000679. The van der Waals surface area contributed by atoms with E-state index < -0.39 is 5.60 Å². The number of amides is 1. The number of carbonyl (C=O) groups is 1. The molecule has 6 atom stereocenters. The smallest absolute Gasteiger partial charge is 0.217 e. The van der Waals surface area contributed by atoms with Crippen molar-refractivity contribution in [3.63, 3.8) is 0 Å². The average Bonchev–Trinajstić information content (AvgIpc) is 1.54. The number of hydrogen-bond acceptors (Lipinski definition) is 6. The van der Waals surface area contributed by atoms with Crippen LogP contribution in [0.15, 0.2) is 140 Å². The van der Waals surface area contributed by atoms with Gasteiger partial charge in [0.25, 0.3) is 0 Å². The maximum atomic E-state index is 11.4. The molecule has 3 saturated carbocycles. The first-order valence-electron chi connectivity index (χ1n) is 44.7. The maximum Gasteiger partial charge on any atom is 0.217 e. The van der Waals surface area contributed by atoms with Crippen LogP contribution >= 0.6 is 0 Å². The SMILES string of the molecule is C=C(CCCCC(C)C)c1ccccc1.CC(=O)NCC#CC(C)C.CC(C)C#CC(C)(C)c1ccccc1.CC(C)C#CC(C)c1ccccc1.CC(C)C#CC1(N)CCCCC1.CC(C)C#Cc1ccccn1.CCN(C)CC#CC(C)C.CNCC#CC(C)C.Cc1ccc2c(c1)CCC1C2CCC2(C)C1CCC2(O)C#CC(C)C. The van der Waals surface area contributed by atoms with Gasteiger partial charge in [-0.3, -0.25) is 9.69 Å². The molecule has 0 spiro atoms. The van der Waals surface area contributed by atoms with Crippen molar-refractivity contribution in [2.75, 3.05) is 40.3 Å². The summed E-state index contributed by atoms with van der Waals surface area (Å²) in [6.07, 6.45) is 19.7. The standard InChI is InChI=1S/C24H32O.C15H22.C14H18.C13H16.C11H19N.C10H11N.C9H17N.C8H13NO.C7H13N/c1-16(2)9-13-24(25)14-11-22-21-8-6-18-15-17(3)5-7-19(18)20(21)10-12-23(22,24)4;1-13(2)9-7-8-10-14(3)15-11-5-4-6-12-15;1-12(2)10-11-14(3,4)13-8-6-5-7-9-13;1-11(2)9-10-12(3)13-7-5-4-6-8-13;1-10(2)6-9-11(12)7-4-3-5-8-11;1-9(2)6-7-10-5-3-4-8-11-10;1-5-10(4)8-6-7-9(2)3;1-7(2)5-4-6-9-8(3)10;1-7(2)5-4-6-8-3/h5,7,15-16,20-22,25H,6,8,10-12,14H2,1-4H3;4-6,11-13H,3,7-10H2,1-2H3;5-9,12H,1-4H3;4-8,11-12H,1-3H3;10H,3-5,7-8,12H2,1-2H3;3-5,8-9H,1-2H3;9H,5,8H2,1-4H3;7H,6H2,1-3H3,(H,9,10);7-8H,6H2,1-3H3.